The molecule has 1 saturated heterocycles. The Morgan fingerprint density at radius 3 is 2.90 bits per heavy atom. The van der Waals surface area contributed by atoms with E-state index in [4.69, 9.17) is 4.74 Å². The molecule has 0 bridgehead atoms. The number of aromatic nitrogens is 1. The molecule has 20 heavy (non-hydrogen) atoms. The van der Waals surface area contributed by atoms with Crippen LogP contribution < -0.4 is 0 Å². The lowest BCUT2D eigenvalue weighted by atomic mass is 10.2. The van der Waals surface area contributed by atoms with Crippen LogP contribution in [0.5, 0.6) is 0 Å². The number of nitrogens with zero attached hydrogens (tertiary/aromatic N) is 2. The second-order valence-electron chi connectivity index (χ2n) is 5.39. The molecule has 7 heteroatoms. The van der Waals surface area contributed by atoms with E-state index in [-0.39, 0.29) is 17.7 Å². The zero-order valence-electron chi connectivity index (χ0n) is 12.0. The van der Waals surface area contributed by atoms with Crippen molar-refractivity contribution in [3.05, 3.63) is 16.6 Å². The van der Waals surface area contributed by atoms with Crippen LogP contribution >= 0.6 is 11.3 Å². The van der Waals surface area contributed by atoms with Gasteiger partial charge >= 0.3 is 0 Å². The van der Waals surface area contributed by atoms with Crippen molar-refractivity contribution in [2.75, 3.05) is 25.5 Å². The van der Waals surface area contributed by atoms with Crippen molar-refractivity contribution in [1.29, 1.82) is 0 Å². The molecule has 1 unspecified atom stereocenters. The van der Waals surface area contributed by atoms with Gasteiger partial charge in [-0.05, 0) is 26.2 Å². The second-order valence-corrected chi connectivity index (χ2v) is 8.33. The molecule has 0 radical (unpaired) electrons. The highest BCUT2D eigenvalue weighted by Crippen LogP contribution is 2.19. The first kappa shape index (κ1) is 15.9. The Bertz CT molecular complexity index is 494. The zero-order chi connectivity index (χ0) is 14.6. The van der Waals surface area contributed by atoms with Crippen LogP contribution in [0.2, 0.25) is 0 Å². The molecule has 114 valence electrons. The average Bonchev–Trinajstić information content (AvgIpc) is 3.00. The van der Waals surface area contributed by atoms with Crippen molar-refractivity contribution >= 4 is 21.4 Å². The van der Waals surface area contributed by atoms with E-state index in [1.165, 1.54) is 0 Å². The van der Waals surface area contributed by atoms with Gasteiger partial charge in [0, 0.05) is 37.2 Å². The molecule has 0 aliphatic carbocycles. The predicted molar refractivity (Wildman–Crippen MR) is 80.4 cm³/mol. The average molecular weight is 318 g/mol. The highest BCUT2D eigenvalue weighted by Gasteiger charge is 2.30. The summed E-state index contributed by atoms with van der Waals surface area (Å²) in [5, 5.41) is 2.90. The molecule has 0 N–H and O–H groups in total. The Balaban J connectivity index is 1.98. The standard InChI is InChI=1S/C13H22N2O3S2/c1-11(2)15(6-3-13-14-5-8-19-13)20(16,17)10-12-4-7-18-9-12/h5,8,11-12H,3-4,6-7,9-10H2,1-2H3. The summed E-state index contributed by atoms with van der Waals surface area (Å²) >= 11 is 1.57. The minimum atomic E-state index is -3.23. The van der Waals surface area contributed by atoms with Crippen molar-refractivity contribution in [2.24, 2.45) is 5.92 Å². The first-order chi connectivity index (χ1) is 9.49. The molecule has 1 atom stereocenters. The third kappa shape index (κ3) is 4.25. The zero-order valence-corrected chi connectivity index (χ0v) is 13.6. The Labute approximate surface area is 125 Å². The molecule has 0 amide bonds. The predicted octanol–water partition coefficient (Wildman–Crippen LogP) is 1.76. The van der Waals surface area contributed by atoms with E-state index in [2.05, 4.69) is 4.98 Å². The van der Waals surface area contributed by atoms with Crippen LogP contribution in [0.1, 0.15) is 25.3 Å². The molecular weight excluding hydrogens is 296 g/mol. The summed E-state index contributed by atoms with van der Waals surface area (Å²) in [6, 6.07) is -0.0257. The minimum absolute atomic E-state index is 0.0257. The van der Waals surface area contributed by atoms with Crippen molar-refractivity contribution in [2.45, 2.75) is 32.7 Å². The fourth-order valence-electron chi connectivity index (χ4n) is 2.41. The fraction of sp³-hybridized carbons (Fsp3) is 0.769. The Morgan fingerprint density at radius 1 is 1.55 bits per heavy atom. The van der Waals surface area contributed by atoms with E-state index in [0.717, 1.165) is 11.4 Å². The van der Waals surface area contributed by atoms with Gasteiger partial charge in [-0.15, -0.1) is 11.3 Å². The molecule has 0 aromatic carbocycles. The van der Waals surface area contributed by atoms with Gasteiger partial charge in [0.2, 0.25) is 10.0 Å². The second kappa shape index (κ2) is 6.98. The van der Waals surface area contributed by atoms with Gasteiger partial charge < -0.3 is 4.74 Å². The highest BCUT2D eigenvalue weighted by atomic mass is 32.2. The maximum Gasteiger partial charge on any atom is 0.214 e. The first-order valence-corrected chi connectivity index (χ1v) is 9.43. The quantitative estimate of drug-likeness (QED) is 0.769. The van der Waals surface area contributed by atoms with Crippen LogP contribution in [0.15, 0.2) is 11.6 Å². The lowest BCUT2D eigenvalue weighted by molar-refractivity contribution is 0.188. The first-order valence-electron chi connectivity index (χ1n) is 6.94. The van der Waals surface area contributed by atoms with E-state index in [0.29, 0.717) is 26.2 Å². The topological polar surface area (TPSA) is 59.5 Å². The molecule has 1 aromatic heterocycles. The summed E-state index contributed by atoms with van der Waals surface area (Å²) in [7, 11) is -3.23. The summed E-state index contributed by atoms with van der Waals surface area (Å²) in [5.74, 6) is 0.337. The van der Waals surface area contributed by atoms with Gasteiger partial charge in [-0.2, -0.15) is 4.31 Å². The van der Waals surface area contributed by atoms with Crippen LogP contribution in [-0.4, -0.2) is 49.3 Å². The molecule has 2 heterocycles. The molecular formula is C13H22N2O3S2. The number of sulfonamides is 1. The van der Waals surface area contributed by atoms with Gasteiger partial charge in [0.05, 0.1) is 17.4 Å². The summed E-state index contributed by atoms with van der Waals surface area (Å²) in [6.45, 7) is 5.59. The summed E-state index contributed by atoms with van der Waals surface area (Å²) in [6.07, 6.45) is 3.28. The van der Waals surface area contributed by atoms with Crippen molar-refractivity contribution in [3.63, 3.8) is 0 Å². The summed E-state index contributed by atoms with van der Waals surface area (Å²) < 4.78 is 32.0. The molecule has 0 spiro atoms. The Kier molecular flexibility index (Phi) is 5.54. The monoisotopic (exact) mass is 318 g/mol. The summed E-state index contributed by atoms with van der Waals surface area (Å²) in [4.78, 5) is 4.21. The number of hydrogen-bond acceptors (Lipinski definition) is 5. The van der Waals surface area contributed by atoms with Gasteiger partial charge in [0.25, 0.3) is 0 Å². The highest BCUT2D eigenvalue weighted by molar-refractivity contribution is 7.89. The number of hydrogen-bond donors (Lipinski definition) is 0. The van der Waals surface area contributed by atoms with Crippen LogP contribution in [0.4, 0.5) is 0 Å². The third-order valence-corrected chi connectivity index (χ3v) is 6.48. The van der Waals surface area contributed by atoms with Crippen molar-refractivity contribution in [3.8, 4) is 0 Å². The maximum atomic E-state index is 12.5. The lowest BCUT2D eigenvalue weighted by Gasteiger charge is -2.26. The van der Waals surface area contributed by atoms with Gasteiger partial charge in [-0.1, -0.05) is 0 Å². The Hall–Kier alpha value is -0.500. The van der Waals surface area contributed by atoms with Crippen molar-refractivity contribution < 1.29 is 13.2 Å². The van der Waals surface area contributed by atoms with E-state index < -0.39 is 10.0 Å². The molecule has 1 aromatic rings. The molecule has 1 aliphatic heterocycles. The van der Waals surface area contributed by atoms with E-state index in [1.807, 2.05) is 19.2 Å². The van der Waals surface area contributed by atoms with Crippen molar-refractivity contribution in [1.82, 2.24) is 9.29 Å². The minimum Gasteiger partial charge on any atom is -0.381 e. The SMILES string of the molecule is CC(C)N(CCc1nccs1)S(=O)(=O)CC1CCOC1. The number of rotatable bonds is 7. The largest absolute Gasteiger partial charge is 0.381 e. The normalized spacial score (nSPS) is 20.1. The van der Waals surface area contributed by atoms with Crippen LogP contribution in [0, 0.1) is 5.92 Å². The molecule has 2 rings (SSSR count). The molecule has 1 fully saturated rings. The van der Waals surface area contributed by atoms with E-state index in [1.54, 1.807) is 21.8 Å². The van der Waals surface area contributed by atoms with Crippen LogP contribution in [0.3, 0.4) is 0 Å². The molecule has 5 nitrogen and oxygen atoms in total. The van der Waals surface area contributed by atoms with Crippen LogP contribution in [0.25, 0.3) is 0 Å². The molecule has 1 aliphatic rings. The Morgan fingerprint density at radius 2 is 2.35 bits per heavy atom. The fourth-order valence-corrected chi connectivity index (χ4v) is 5.08. The smallest absolute Gasteiger partial charge is 0.214 e. The van der Waals surface area contributed by atoms with Gasteiger partial charge in [-0.25, -0.2) is 13.4 Å². The van der Waals surface area contributed by atoms with E-state index in [9.17, 15) is 8.42 Å². The van der Waals surface area contributed by atoms with E-state index >= 15 is 0 Å². The van der Waals surface area contributed by atoms with Gasteiger partial charge in [-0.3, -0.25) is 0 Å². The van der Waals surface area contributed by atoms with Gasteiger partial charge in [0.15, 0.2) is 0 Å². The maximum absolute atomic E-state index is 12.5. The third-order valence-electron chi connectivity index (χ3n) is 3.43. The van der Waals surface area contributed by atoms with Gasteiger partial charge in [0.1, 0.15) is 0 Å². The number of ether oxygens (including phenoxy) is 1. The lowest BCUT2D eigenvalue weighted by Crippen LogP contribution is -2.41. The summed E-state index contributed by atoms with van der Waals surface area (Å²) in [5.41, 5.74) is 0. The number of thiazole rings is 1. The molecule has 0 saturated carbocycles. The van der Waals surface area contributed by atoms with Crippen LogP contribution in [-0.2, 0) is 21.2 Å².